The van der Waals surface area contributed by atoms with Gasteiger partial charge in [-0.25, -0.2) is 23.8 Å². The van der Waals surface area contributed by atoms with E-state index in [1.165, 1.54) is 10.6 Å². The summed E-state index contributed by atoms with van der Waals surface area (Å²) in [6, 6.07) is 16.7. The number of aromatic nitrogens is 2. The number of fused-ring (bicyclic) bond motifs is 5. The van der Waals surface area contributed by atoms with E-state index in [4.69, 9.17) is 30.1 Å². The zero-order valence-electron chi connectivity index (χ0n) is 39.0. The molecular formula is C49H48F4N8O12. The summed E-state index contributed by atoms with van der Waals surface area (Å²) in [6.07, 6.45) is -4.89. The van der Waals surface area contributed by atoms with Crippen LogP contribution in [0.3, 0.4) is 0 Å². The minimum absolute atomic E-state index is 0.0299. The average Bonchev–Trinajstić information content (AvgIpc) is 3.73. The number of ether oxygens (including phenoxy) is 2. The van der Waals surface area contributed by atoms with Gasteiger partial charge in [-0.15, -0.1) is 0 Å². The number of alkyl halides is 3. The molecule has 73 heavy (non-hydrogen) atoms. The van der Waals surface area contributed by atoms with Crippen LogP contribution in [0.15, 0.2) is 71.5 Å². The number of cyclic esters (lactones) is 1. The Morgan fingerprint density at radius 2 is 1.63 bits per heavy atom. The Kier molecular flexibility index (Phi) is 15.6. The van der Waals surface area contributed by atoms with Gasteiger partial charge >= 0.3 is 24.2 Å². The molecule has 2 aliphatic heterocycles. The van der Waals surface area contributed by atoms with Crippen LogP contribution in [0, 0.1) is 12.7 Å². The monoisotopic (exact) mass is 1020 g/mol. The second-order valence-electron chi connectivity index (χ2n) is 17.2. The number of amides is 5. The second kappa shape index (κ2) is 21.6. The quantitative estimate of drug-likeness (QED) is 0.0575. The number of carboxylic acid groups (broad SMARTS) is 1. The standard InChI is InChI=1S/C47H47FN8O10.C2HF3O2/c1-3-47(64)31-16-36-42-29(21-56(36)44(61)30(31)23-65-45(47)62)41-33(14-13-28-24(2)32(48)17-34(54-42)40(28)41)55-46(63)66-22-26-9-11-27(12-10-26)52-38(58)20-51-43(60)35(15-25-7-5-4-6-8-25)53-39(59)19-50-37(57)18-49;3-2(4,5)1(6)7/h4-12,16-17,33,35,64H,3,13-15,18-23,49H2,1-2H3,(H,50,57)(H,51,60)(H,52,58)(H,53,59)(H,55,63);(H,6,7)/t33-,35-,47-;/m0./s1. The Hall–Kier alpha value is -8.25. The summed E-state index contributed by atoms with van der Waals surface area (Å²) < 4.78 is 59.4. The number of nitrogens with one attached hydrogen (secondary N) is 5. The third kappa shape index (κ3) is 11.4. The van der Waals surface area contributed by atoms with Crippen molar-refractivity contribution in [1.82, 2.24) is 30.8 Å². The maximum absolute atomic E-state index is 15.3. The number of carboxylic acids is 1. The summed E-state index contributed by atoms with van der Waals surface area (Å²) in [6.45, 7) is 1.87. The number of nitrogens with zero attached hydrogens (tertiary/aromatic N) is 2. The number of alkyl carbamates (subject to hydrolysis) is 1. The minimum Gasteiger partial charge on any atom is -0.475 e. The fourth-order valence-electron chi connectivity index (χ4n) is 8.77. The topological polar surface area (TPSA) is 299 Å². The van der Waals surface area contributed by atoms with Crippen LogP contribution in [0.25, 0.3) is 22.3 Å². The van der Waals surface area contributed by atoms with Crippen LogP contribution < -0.4 is 37.9 Å². The molecule has 9 N–H and O–H groups in total. The van der Waals surface area contributed by atoms with Crippen LogP contribution >= 0.6 is 0 Å². The number of aliphatic hydroxyl groups is 1. The first kappa shape index (κ1) is 52.6. The maximum atomic E-state index is 15.3. The number of nitrogens with two attached hydrogens (primary N) is 1. The van der Waals surface area contributed by atoms with Gasteiger partial charge in [0, 0.05) is 34.7 Å². The molecule has 0 unspecified atom stereocenters. The normalized spacial score (nSPS) is 16.5. The lowest BCUT2D eigenvalue weighted by molar-refractivity contribution is -0.192. The van der Waals surface area contributed by atoms with E-state index in [0.29, 0.717) is 63.1 Å². The number of esters is 1. The van der Waals surface area contributed by atoms with Crippen LogP contribution in [-0.2, 0) is 76.4 Å². The van der Waals surface area contributed by atoms with Crippen molar-refractivity contribution in [2.24, 2.45) is 5.73 Å². The molecule has 0 saturated heterocycles. The van der Waals surface area contributed by atoms with Crippen molar-refractivity contribution in [3.63, 3.8) is 0 Å². The molecule has 3 atom stereocenters. The lowest BCUT2D eigenvalue weighted by atomic mass is 9.81. The summed E-state index contributed by atoms with van der Waals surface area (Å²) >= 11 is 0. The van der Waals surface area contributed by atoms with Crippen molar-refractivity contribution >= 4 is 58.3 Å². The van der Waals surface area contributed by atoms with E-state index in [1.54, 1.807) is 68.4 Å². The minimum atomic E-state index is -5.08. The molecule has 1 aliphatic carbocycles. The van der Waals surface area contributed by atoms with Crippen molar-refractivity contribution in [3.05, 3.63) is 127 Å². The summed E-state index contributed by atoms with van der Waals surface area (Å²) in [4.78, 5) is 104. The van der Waals surface area contributed by atoms with E-state index in [0.717, 1.165) is 11.1 Å². The number of anilines is 1. The molecule has 0 bridgehead atoms. The molecule has 8 rings (SSSR count). The van der Waals surface area contributed by atoms with E-state index in [2.05, 4.69) is 26.6 Å². The fraction of sp³-hybridized carbons (Fsp3) is 0.327. The third-order valence-electron chi connectivity index (χ3n) is 12.5. The molecule has 5 amide bonds. The van der Waals surface area contributed by atoms with Crippen LogP contribution in [0.1, 0.15) is 70.3 Å². The molecule has 5 aromatic rings. The van der Waals surface area contributed by atoms with E-state index in [-0.39, 0.29) is 56.8 Å². The van der Waals surface area contributed by atoms with Gasteiger partial charge in [-0.3, -0.25) is 24.0 Å². The highest BCUT2D eigenvalue weighted by molar-refractivity contribution is 5.97. The lowest BCUT2D eigenvalue weighted by Gasteiger charge is -2.31. The fourth-order valence-corrected chi connectivity index (χ4v) is 8.77. The largest absolute Gasteiger partial charge is 0.490 e. The highest BCUT2D eigenvalue weighted by Crippen LogP contribution is 2.46. The van der Waals surface area contributed by atoms with Crippen molar-refractivity contribution in [1.29, 1.82) is 0 Å². The molecule has 0 radical (unpaired) electrons. The number of rotatable bonds is 14. The Morgan fingerprint density at radius 1 is 0.945 bits per heavy atom. The van der Waals surface area contributed by atoms with Gasteiger partial charge in [0.25, 0.3) is 5.56 Å². The summed E-state index contributed by atoms with van der Waals surface area (Å²) in [5.74, 6) is -6.36. The van der Waals surface area contributed by atoms with Crippen molar-refractivity contribution in [2.45, 2.75) is 83.2 Å². The maximum Gasteiger partial charge on any atom is 0.490 e. The van der Waals surface area contributed by atoms with Crippen LogP contribution in [0.4, 0.5) is 28.0 Å². The molecular weight excluding hydrogens is 969 g/mol. The summed E-state index contributed by atoms with van der Waals surface area (Å²) in [7, 11) is 0. The molecule has 2 aromatic heterocycles. The highest BCUT2D eigenvalue weighted by Gasteiger charge is 2.46. The number of carbonyl (C=O) groups is 7. The zero-order valence-corrected chi connectivity index (χ0v) is 39.0. The van der Waals surface area contributed by atoms with Crippen molar-refractivity contribution < 1.29 is 70.8 Å². The van der Waals surface area contributed by atoms with Gasteiger partial charge in [0.2, 0.25) is 23.6 Å². The predicted octanol–water partition coefficient (Wildman–Crippen LogP) is 2.93. The van der Waals surface area contributed by atoms with Gasteiger partial charge in [-0.2, -0.15) is 13.2 Å². The van der Waals surface area contributed by atoms with Gasteiger partial charge in [0.15, 0.2) is 5.60 Å². The second-order valence-corrected chi connectivity index (χ2v) is 17.2. The number of aliphatic carboxylic acids is 1. The number of hydrogen-bond donors (Lipinski definition) is 8. The molecule has 0 spiro atoms. The van der Waals surface area contributed by atoms with Crippen LogP contribution in [0.5, 0.6) is 0 Å². The number of benzene rings is 3. The zero-order chi connectivity index (χ0) is 52.9. The van der Waals surface area contributed by atoms with E-state index in [1.807, 2.05) is 6.07 Å². The lowest BCUT2D eigenvalue weighted by Crippen LogP contribution is -2.51. The third-order valence-corrected chi connectivity index (χ3v) is 12.5. The Bertz CT molecular complexity index is 3100. The van der Waals surface area contributed by atoms with E-state index >= 15 is 4.39 Å². The SMILES string of the molecule is CC[C@@]1(O)C(=O)OCc2c1cc1n(c2=O)Cc2c-1nc1cc(F)c(C)c3c1c2[C@@H](NC(=O)OCc1ccc(NC(=O)CNC(=O)[C@H](Cc2ccccc2)NC(=O)CNC(=O)CN)cc1)CC3.O=C(O)C(F)(F)F. The first-order valence-corrected chi connectivity index (χ1v) is 22.6. The van der Waals surface area contributed by atoms with Gasteiger partial charge in [-0.1, -0.05) is 49.4 Å². The summed E-state index contributed by atoms with van der Waals surface area (Å²) in [5.41, 5.74) is 8.47. The molecule has 4 heterocycles. The van der Waals surface area contributed by atoms with Crippen LogP contribution in [0.2, 0.25) is 0 Å². The smallest absolute Gasteiger partial charge is 0.475 e. The number of carbonyl (C=O) groups excluding carboxylic acids is 6. The van der Waals surface area contributed by atoms with Crippen molar-refractivity contribution in [3.8, 4) is 11.4 Å². The molecule has 0 fully saturated rings. The first-order chi connectivity index (χ1) is 34.6. The van der Waals surface area contributed by atoms with E-state index < -0.39 is 83.4 Å². The molecule has 0 saturated carbocycles. The molecule has 384 valence electrons. The predicted molar refractivity (Wildman–Crippen MR) is 250 cm³/mol. The molecule has 3 aliphatic rings. The van der Waals surface area contributed by atoms with E-state index in [9.17, 15) is 51.8 Å². The van der Waals surface area contributed by atoms with Crippen molar-refractivity contribution in [2.75, 3.05) is 25.0 Å². The van der Waals surface area contributed by atoms with Gasteiger partial charge < -0.3 is 56.6 Å². The molecule has 24 heteroatoms. The Balaban J connectivity index is 0.00000104. The summed E-state index contributed by atoms with van der Waals surface area (Å²) in [5, 5.41) is 32.3. The van der Waals surface area contributed by atoms with Crippen LogP contribution in [-0.4, -0.2) is 93.3 Å². The number of halogens is 4. The van der Waals surface area contributed by atoms with Gasteiger partial charge in [0.1, 0.15) is 25.1 Å². The number of aryl methyl sites for hydroxylation is 1. The molecule has 20 nitrogen and oxygen atoms in total. The number of pyridine rings is 2. The number of hydrogen-bond acceptors (Lipinski definition) is 13. The Labute approximate surface area is 411 Å². The Morgan fingerprint density at radius 3 is 2.29 bits per heavy atom. The molecule has 3 aromatic carbocycles. The van der Waals surface area contributed by atoms with Gasteiger partial charge in [0.05, 0.1) is 54.7 Å². The first-order valence-electron chi connectivity index (χ1n) is 22.6. The average molecular weight is 1020 g/mol. The highest BCUT2D eigenvalue weighted by atomic mass is 19.4. The van der Waals surface area contributed by atoms with Gasteiger partial charge in [-0.05, 0) is 72.2 Å².